The maximum Gasteiger partial charge on any atom is 0.243 e. The lowest BCUT2D eigenvalue weighted by molar-refractivity contribution is -0.117. The van der Waals surface area contributed by atoms with Gasteiger partial charge in [0.1, 0.15) is 0 Å². The summed E-state index contributed by atoms with van der Waals surface area (Å²) in [6, 6.07) is 9.40. The fourth-order valence-corrected chi connectivity index (χ4v) is 2.79. The molecule has 118 valence electrons. The number of aromatic nitrogens is 1. The van der Waals surface area contributed by atoms with Crippen molar-refractivity contribution in [2.75, 3.05) is 18.9 Å². The molecule has 0 unspecified atom stereocenters. The Morgan fingerprint density at radius 1 is 1.32 bits per heavy atom. The van der Waals surface area contributed by atoms with Crippen LogP contribution in [-0.2, 0) is 4.79 Å². The van der Waals surface area contributed by atoms with Crippen molar-refractivity contribution in [2.24, 2.45) is 5.73 Å². The highest BCUT2D eigenvalue weighted by atomic mass is 32.1. The van der Waals surface area contributed by atoms with Gasteiger partial charge in [-0.3, -0.25) is 4.79 Å². The Bertz CT molecular complexity index is 585. The zero-order chi connectivity index (χ0) is 15.8. The van der Waals surface area contributed by atoms with E-state index in [-0.39, 0.29) is 5.91 Å². The molecule has 0 spiro atoms. The van der Waals surface area contributed by atoms with Crippen molar-refractivity contribution >= 4 is 22.4 Å². The molecule has 0 bridgehead atoms. The van der Waals surface area contributed by atoms with E-state index in [0.29, 0.717) is 11.6 Å². The minimum Gasteiger partial charge on any atom is -0.320 e. The lowest BCUT2D eigenvalue weighted by Crippen LogP contribution is -2.35. The van der Waals surface area contributed by atoms with Crippen LogP contribution < -0.4 is 16.4 Å². The molecule has 0 radical (unpaired) electrons. The second kappa shape index (κ2) is 8.63. The predicted octanol–water partition coefficient (Wildman–Crippen LogP) is 2.47. The van der Waals surface area contributed by atoms with Crippen molar-refractivity contribution in [3.05, 3.63) is 35.7 Å². The molecular weight excluding hydrogens is 296 g/mol. The monoisotopic (exact) mass is 318 g/mol. The van der Waals surface area contributed by atoms with Gasteiger partial charge in [-0.15, -0.1) is 11.3 Å². The second-order valence-electron chi connectivity index (χ2n) is 5.10. The summed E-state index contributed by atoms with van der Waals surface area (Å²) in [5.74, 6) is -0.168. The van der Waals surface area contributed by atoms with Gasteiger partial charge in [0.2, 0.25) is 5.91 Å². The van der Waals surface area contributed by atoms with Gasteiger partial charge in [-0.2, -0.15) is 0 Å². The summed E-state index contributed by atoms with van der Waals surface area (Å²) in [6.45, 7) is 0.946. The zero-order valence-corrected chi connectivity index (χ0v) is 13.5. The minimum atomic E-state index is -0.485. The number of hydrogen-bond donors (Lipinski definition) is 3. The number of thiazole rings is 1. The molecule has 4 N–H and O–H groups in total. The summed E-state index contributed by atoms with van der Waals surface area (Å²) < 4.78 is 0. The highest BCUT2D eigenvalue weighted by Gasteiger charge is 2.15. The van der Waals surface area contributed by atoms with Gasteiger partial charge in [-0.05, 0) is 26.4 Å². The third kappa shape index (κ3) is 4.91. The molecule has 22 heavy (non-hydrogen) atoms. The molecule has 0 saturated carbocycles. The Morgan fingerprint density at radius 2 is 2.09 bits per heavy atom. The summed E-state index contributed by atoms with van der Waals surface area (Å²) in [7, 11) is 1.92. The number of nitrogens with two attached hydrogens (primary N) is 1. The SMILES string of the molecule is CNCCCC[C@H](N)C(=O)Nc1nc(-c2ccccc2)cs1. The summed E-state index contributed by atoms with van der Waals surface area (Å²) in [5.41, 5.74) is 7.81. The van der Waals surface area contributed by atoms with Crippen LogP contribution in [0.25, 0.3) is 11.3 Å². The molecule has 0 fully saturated rings. The number of rotatable bonds is 8. The summed E-state index contributed by atoms with van der Waals surface area (Å²) in [5, 5.41) is 8.41. The van der Waals surface area contributed by atoms with Gasteiger partial charge >= 0.3 is 0 Å². The Kier molecular flexibility index (Phi) is 6.51. The maximum atomic E-state index is 12.0. The van der Waals surface area contributed by atoms with E-state index in [0.717, 1.165) is 30.6 Å². The Hall–Kier alpha value is -1.76. The molecule has 2 rings (SSSR count). The molecule has 0 aliphatic rings. The first kappa shape index (κ1) is 16.6. The molecule has 1 aromatic carbocycles. The molecule has 1 aromatic heterocycles. The number of carbonyl (C=O) groups excluding carboxylic acids is 1. The Labute approximate surface area is 135 Å². The van der Waals surface area contributed by atoms with Crippen LogP contribution in [0.5, 0.6) is 0 Å². The van der Waals surface area contributed by atoms with Gasteiger partial charge in [0.15, 0.2) is 5.13 Å². The average molecular weight is 318 g/mol. The summed E-state index contributed by atoms with van der Waals surface area (Å²) in [6.07, 6.45) is 2.64. The molecule has 5 nitrogen and oxygen atoms in total. The number of anilines is 1. The average Bonchev–Trinajstić information content (AvgIpc) is 3.00. The van der Waals surface area contributed by atoms with Crippen molar-refractivity contribution in [2.45, 2.75) is 25.3 Å². The first-order valence-corrected chi connectivity index (χ1v) is 8.30. The minimum absolute atomic E-state index is 0.168. The van der Waals surface area contributed by atoms with E-state index in [1.165, 1.54) is 11.3 Å². The van der Waals surface area contributed by atoms with Crippen LogP contribution >= 0.6 is 11.3 Å². The van der Waals surface area contributed by atoms with E-state index in [1.54, 1.807) is 0 Å². The van der Waals surface area contributed by atoms with Crippen LogP contribution in [0.3, 0.4) is 0 Å². The molecule has 1 heterocycles. The third-order valence-electron chi connectivity index (χ3n) is 3.33. The van der Waals surface area contributed by atoms with Crippen molar-refractivity contribution in [1.82, 2.24) is 10.3 Å². The quantitative estimate of drug-likeness (QED) is 0.653. The van der Waals surface area contributed by atoms with Crippen LogP contribution in [0.1, 0.15) is 19.3 Å². The fraction of sp³-hybridized carbons (Fsp3) is 0.375. The van der Waals surface area contributed by atoms with Crippen LogP contribution in [0.2, 0.25) is 0 Å². The van der Waals surface area contributed by atoms with Crippen molar-refractivity contribution in [3.8, 4) is 11.3 Å². The van der Waals surface area contributed by atoms with E-state index in [9.17, 15) is 4.79 Å². The highest BCUT2D eigenvalue weighted by molar-refractivity contribution is 7.14. The number of hydrogen-bond acceptors (Lipinski definition) is 5. The number of benzene rings is 1. The summed E-state index contributed by atoms with van der Waals surface area (Å²) in [4.78, 5) is 16.5. The molecule has 1 atom stereocenters. The molecule has 2 aromatic rings. The van der Waals surface area contributed by atoms with Gasteiger partial charge < -0.3 is 16.4 Å². The Morgan fingerprint density at radius 3 is 2.82 bits per heavy atom. The van der Waals surface area contributed by atoms with Crippen LogP contribution in [-0.4, -0.2) is 30.5 Å². The van der Waals surface area contributed by atoms with Gasteiger partial charge in [-0.25, -0.2) is 4.98 Å². The molecule has 0 aliphatic heterocycles. The zero-order valence-electron chi connectivity index (χ0n) is 12.7. The third-order valence-corrected chi connectivity index (χ3v) is 4.09. The number of nitrogens with one attached hydrogen (secondary N) is 2. The van der Waals surface area contributed by atoms with E-state index >= 15 is 0 Å². The van der Waals surface area contributed by atoms with Gasteiger partial charge in [0, 0.05) is 10.9 Å². The molecule has 6 heteroatoms. The van der Waals surface area contributed by atoms with Gasteiger partial charge in [0.05, 0.1) is 11.7 Å². The van der Waals surface area contributed by atoms with E-state index in [1.807, 2.05) is 42.8 Å². The van der Waals surface area contributed by atoms with Gasteiger partial charge in [-0.1, -0.05) is 36.8 Å². The van der Waals surface area contributed by atoms with E-state index in [4.69, 9.17) is 5.73 Å². The number of carbonyl (C=O) groups is 1. The second-order valence-corrected chi connectivity index (χ2v) is 5.96. The predicted molar refractivity (Wildman–Crippen MR) is 91.9 cm³/mol. The lowest BCUT2D eigenvalue weighted by Gasteiger charge is -2.10. The molecule has 0 aliphatic carbocycles. The molecule has 1 amide bonds. The smallest absolute Gasteiger partial charge is 0.243 e. The number of amides is 1. The van der Waals surface area contributed by atoms with Crippen molar-refractivity contribution in [3.63, 3.8) is 0 Å². The number of nitrogens with zero attached hydrogens (tertiary/aromatic N) is 1. The fourth-order valence-electron chi connectivity index (χ4n) is 2.07. The van der Waals surface area contributed by atoms with Crippen molar-refractivity contribution < 1.29 is 4.79 Å². The first-order valence-electron chi connectivity index (χ1n) is 7.42. The topological polar surface area (TPSA) is 80.0 Å². The van der Waals surface area contributed by atoms with Crippen molar-refractivity contribution in [1.29, 1.82) is 0 Å². The summed E-state index contributed by atoms with van der Waals surface area (Å²) >= 11 is 1.41. The highest BCUT2D eigenvalue weighted by Crippen LogP contribution is 2.24. The lowest BCUT2D eigenvalue weighted by atomic mass is 10.1. The van der Waals surface area contributed by atoms with E-state index in [2.05, 4.69) is 15.6 Å². The number of unbranched alkanes of at least 4 members (excludes halogenated alkanes) is 1. The first-order chi connectivity index (χ1) is 10.7. The van der Waals surface area contributed by atoms with Crippen LogP contribution in [0, 0.1) is 0 Å². The molecular formula is C16H22N4OS. The van der Waals surface area contributed by atoms with Gasteiger partial charge in [0.25, 0.3) is 0 Å². The standard InChI is InChI=1S/C16H22N4OS/c1-18-10-6-5-9-13(17)15(21)20-16-19-14(11-22-16)12-7-3-2-4-8-12/h2-4,7-8,11,13,18H,5-6,9-10,17H2,1H3,(H,19,20,21)/t13-/m0/s1. The van der Waals surface area contributed by atoms with E-state index < -0.39 is 6.04 Å². The normalized spacial score (nSPS) is 12.1. The largest absolute Gasteiger partial charge is 0.320 e. The van der Waals surface area contributed by atoms with Crippen LogP contribution in [0.15, 0.2) is 35.7 Å². The maximum absolute atomic E-state index is 12.0. The molecule has 0 saturated heterocycles. The van der Waals surface area contributed by atoms with Crippen LogP contribution in [0.4, 0.5) is 5.13 Å². The Balaban J connectivity index is 1.86.